The zero-order valence-corrected chi connectivity index (χ0v) is 16.1. The third-order valence-corrected chi connectivity index (χ3v) is 5.43. The standard InChI is InChI=1S/C20H19FN8O/c21-15-1-2-16-17(9-15)23-12-24-20(16)27-7-5-14(6-8-27)10-28-19(30)4-3-18(26-28)29-13-22-11-25-29/h1-4,9,11-14H,5-8,10H2. The molecule has 0 atom stereocenters. The lowest BCUT2D eigenvalue weighted by Gasteiger charge is -2.33. The molecular formula is C20H19FN8O. The highest BCUT2D eigenvalue weighted by molar-refractivity contribution is 5.89. The Labute approximate surface area is 170 Å². The number of aromatic nitrogens is 7. The van der Waals surface area contributed by atoms with E-state index in [0.717, 1.165) is 37.1 Å². The summed E-state index contributed by atoms with van der Waals surface area (Å²) in [7, 11) is 0. The van der Waals surface area contributed by atoms with E-state index < -0.39 is 0 Å². The molecule has 0 aliphatic carbocycles. The second kappa shape index (κ2) is 7.62. The maximum atomic E-state index is 13.5. The van der Waals surface area contributed by atoms with Gasteiger partial charge in [0.15, 0.2) is 5.82 Å². The zero-order chi connectivity index (χ0) is 20.5. The van der Waals surface area contributed by atoms with Gasteiger partial charge in [0.05, 0.1) is 5.52 Å². The molecule has 4 aromatic rings. The third-order valence-electron chi connectivity index (χ3n) is 5.43. The molecule has 0 amide bonds. The van der Waals surface area contributed by atoms with E-state index in [1.54, 1.807) is 18.5 Å². The predicted molar refractivity (Wildman–Crippen MR) is 108 cm³/mol. The molecule has 0 unspecified atom stereocenters. The Morgan fingerprint density at radius 1 is 1.07 bits per heavy atom. The fraction of sp³-hybridized carbons (Fsp3) is 0.300. The van der Waals surface area contributed by atoms with Crippen LogP contribution in [0.5, 0.6) is 0 Å². The molecule has 1 fully saturated rings. The van der Waals surface area contributed by atoms with Crippen LogP contribution in [0.25, 0.3) is 16.7 Å². The molecule has 1 aliphatic rings. The lowest BCUT2D eigenvalue weighted by molar-refractivity contribution is 0.334. The number of piperidine rings is 1. The van der Waals surface area contributed by atoms with Gasteiger partial charge in [-0.1, -0.05) is 0 Å². The molecule has 5 rings (SSSR count). The highest BCUT2D eigenvalue weighted by atomic mass is 19.1. The van der Waals surface area contributed by atoms with Crippen LogP contribution in [-0.4, -0.2) is 47.6 Å². The number of fused-ring (bicyclic) bond motifs is 1. The summed E-state index contributed by atoms with van der Waals surface area (Å²) in [5.41, 5.74) is 0.466. The Bertz CT molecular complexity index is 1230. The van der Waals surface area contributed by atoms with Crippen molar-refractivity contribution in [3.63, 3.8) is 0 Å². The first-order valence-electron chi connectivity index (χ1n) is 9.76. The van der Waals surface area contributed by atoms with E-state index in [0.29, 0.717) is 23.8 Å². The fourth-order valence-electron chi connectivity index (χ4n) is 3.86. The molecule has 0 saturated carbocycles. The van der Waals surface area contributed by atoms with Gasteiger partial charge < -0.3 is 4.90 Å². The summed E-state index contributed by atoms with van der Waals surface area (Å²) in [6.07, 6.45) is 6.25. The van der Waals surface area contributed by atoms with Crippen LogP contribution in [0, 0.1) is 11.7 Å². The first-order valence-corrected chi connectivity index (χ1v) is 9.76. The molecular weight excluding hydrogens is 387 g/mol. The van der Waals surface area contributed by atoms with Gasteiger partial charge >= 0.3 is 0 Å². The molecule has 0 N–H and O–H groups in total. The topological polar surface area (TPSA) is 94.6 Å². The lowest BCUT2D eigenvalue weighted by Crippen LogP contribution is -2.37. The van der Waals surface area contributed by atoms with Gasteiger partial charge in [-0.15, -0.1) is 5.10 Å². The molecule has 1 saturated heterocycles. The predicted octanol–water partition coefficient (Wildman–Crippen LogP) is 1.82. The Kier molecular flexibility index (Phi) is 4.66. The number of hydrogen-bond donors (Lipinski definition) is 0. The molecule has 0 spiro atoms. The Morgan fingerprint density at radius 2 is 1.93 bits per heavy atom. The van der Waals surface area contributed by atoms with Crippen LogP contribution in [0.4, 0.5) is 10.2 Å². The SMILES string of the molecule is O=c1ccc(-n2cncn2)nn1CC1CCN(c2ncnc3cc(F)ccc23)CC1. The van der Waals surface area contributed by atoms with Gasteiger partial charge in [-0.3, -0.25) is 4.79 Å². The highest BCUT2D eigenvalue weighted by Gasteiger charge is 2.23. The highest BCUT2D eigenvalue weighted by Crippen LogP contribution is 2.28. The van der Waals surface area contributed by atoms with E-state index in [1.807, 2.05) is 0 Å². The molecule has 4 heterocycles. The Morgan fingerprint density at radius 3 is 2.73 bits per heavy atom. The summed E-state index contributed by atoms with van der Waals surface area (Å²) in [5, 5.41) is 9.34. The van der Waals surface area contributed by atoms with Gasteiger partial charge in [0, 0.05) is 37.2 Å². The zero-order valence-electron chi connectivity index (χ0n) is 16.1. The molecule has 30 heavy (non-hydrogen) atoms. The van der Waals surface area contributed by atoms with Gasteiger partial charge in [-0.25, -0.2) is 28.7 Å². The molecule has 0 bridgehead atoms. The summed E-state index contributed by atoms with van der Waals surface area (Å²) in [4.78, 5) is 27.0. The van der Waals surface area contributed by atoms with E-state index in [2.05, 4.69) is 30.0 Å². The minimum Gasteiger partial charge on any atom is -0.356 e. The third kappa shape index (κ3) is 3.51. The summed E-state index contributed by atoms with van der Waals surface area (Å²) in [6, 6.07) is 7.73. The van der Waals surface area contributed by atoms with Crippen LogP contribution in [0.15, 0.2) is 54.1 Å². The first kappa shape index (κ1) is 18.3. The second-order valence-electron chi connectivity index (χ2n) is 7.34. The maximum Gasteiger partial charge on any atom is 0.266 e. The Hall–Kier alpha value is -3.69. The average molecular weight is 406 g/mol. The van der Waals surface area contributed by atoms with Crippen molar-refractivity contribution in [1.29, 1.82) is 0 Å². The number of benzene rings is 1. The average Bonchev–Trinajstić information content (AvgIpc) is 3.30. The minimum atomic E-state index is -0.308. The lowest BCUT2D eigenvalue weighted by atomic mass is 9.96. The molecule has 10 heteroatoms. The van der Waals surface area contributed by atoms with Crippen LogP contribution in [-0.2, 0) is 6.54 Å². The molecule has 152 valence electrons. The summed E-state index contributed by atoms with van der Waals surface area (Å²) in [5.74, 6) is 1.39. The minimum absolute atomic E-state index is 0.134. The number of halogens is 1. The Balaban J connectivity index is 1.30. The summed E-state index contributed by atoms with van der Waals surface area (Å²) in [6.45, 7) is 2.14. The van der Waals surface area contributed by atoms with Crippen LogP contribution < -0.4 is 10.5 Å². The quantitative estimate of drug-likeness (QED) is 0.510. The smallest absolute Gasteiger partial charge is 0.266 e. The van der Waals surface area contributed by atoms with Crippen molar-refractivity contribution in [2.45, 2.75) is 19.4 Å². The van der Waals surface area contributed by atoms with Crippen LogP contribution in [0.3, 0.4) is 0 Å². The molecule has 1 aromatic carbocycles. The van der Waals surface area contributed by atoms with Crippen molar-refractivity contribution >= 4 is 16.7 Å². The van der Waals surface area contributed by atoms with Crippen LogP contribution >= 0.6 is 0 Å². The first-order chi connectivity index (χ1) is 14.7. The second-order valence-corrected chi connectivity index (χ2v) is 7.34. The molecule has 9 nitrogen and oxygen atoms in total. The summed E-state index contributed by atoms with van der Waals surface area (Å²) < 4.78 is 16.5. The van der Waals surface area contributed by atoms with E-state index in [9.17, 15) is 9.18 Å². The monoisotopic (exact) mass is 406 g/mol. The van der Waals surface area contributed by atoms with Gasteiger partial charge in [0.2, 0.25) is 0 Å². The number of nitrogens with zero attached hydrogens (tertiary/aromatic N) is 8. The number of rotatable bonds is 4. The number of anilines is 1. The normalized spacial score (nSPS) is 15.0. The molecule has 3 aromatic heterocycles. The van der Waals surface area contributed by atoms with E-state index in [1.165, 1.54) is 40.2 Å². The van der Waals surface area contributed by atoms with Crippen LogP contribution in [0.1, 0.15) is 12.8 Å². The molecule has 0 radical (unpaired) electrons. The van der Waals surface area contributed by atoms with Crippen LogP contribution in [0.2, 0.25) is 0 Å². The van der Waals surface area contributed by atoms with Crippen molar-refractivity contribution in [2.24, 2.45) is 5.92 Å². The van der Waals surface area contributed by atoms with Crippen molar-refractivity contribution < 1.29 is 4.39 Å². The van der Waals surface area contributed by atoms with E-state index in [4.69, 9.17) is 0 Å². The van der Waals surface area contributed by atoms with Crippen molar-refractivity contribution in [1.82, 2.24) is 34.5 Å². The maximum absolute atomic E-state index is 13.5. The van der Waals surface area contributed by atoms with Crippen molar-refractivity contribution in [2.75, 3.05) is 18.0 Å². The van der Waals surface area contributed by atoms with Gasteiger partial charge in [-0.05, 0) is 37.0 Å². The van der Waals surface area contributed by atoms with E-state index >= 15 is 0 Å². The van der Waals surface area contributed by atoms with E-state index in [-0.39, 0.29) is 11.4 Å². The van der Waals surface area contributed by atoms with Crippen molar-refractivity contribution in [3.8, 4) is 5.82 Å². The van der Waals surface area contributed by atoms with Gasteiger partial charge in [0.25, 0.3) is 5.56 Å². The molecule has 1 aliphatic heterocycles. The largest absolute Gasteiger partial charge is 0.356 e. The van der Waals surface area contributed by atoms with Gasteiger partial charge in [-0.2, -0.15) is 5.10 Å². The number of hydrogen-bond acceptors (Lipinski definition) is 7. The fourth-order valence-corrected chi connectivity index (χ4v) is 3.86. The van der Waals surface area contributed by atoms with Gasteiger partial charge in [0.1, 0.15) is 30.6 Å². The van der Waals surface area contributed by atoms with Crippen molar-refractivity contribution in [3.05, 3.63) is 65.5 Å². The summed E-state index contributed by atoms with van der Waals surface area (Å²) >= 11 is 0.